The van der Waals surface area contributed by atoms with Crippen LogP contribution in [0.1, 0.15) is 29.1 Å². The van der Waals surface area contributed by atoms with E-state index in [9.17, 15) is 18.0 Å². The van der Waals surface area contributed by atoms with Crippen LogP contribution in [0.15, 0.2) is 48.5 Å². The molecule has 6 nitrogen and oxygen atoms in total. The third-order valence-corrected chi connectivity index (χ3v) is 5.59. The summed E-state index contributed by atoms with van der Waals surface area (Å²) >= 11 is 1.19. The number of carbonyl (C=O) groups is 1. The van der Waals surface area contributed by atoms with Crippen LogP contribution >= 0.6 is 11.3 Å². The topological polar surface area (TPSA) is 79.1 Å². The zero-order valence-corrected chi connectivity index (χ0v) is 17.4. The second-order valence-corrected chi connectivity index (χ2v) is 7.69. The number of amides is 1. The van der Waals surface area contributed by atoms with Gasteiger partial charge >= 0.3 is 6.36 Å². The maximum absolute atomic E-state index is 12.5. The van der Waals surface area contributed by atoms with E-state index in [-0.39, 0.29) is 11.7 Å². The Kier molecular flexibility index (Phi) is 6.56. The maximum Gasteiger partial charge on any atom is 0.573 e. The lowest BCUT2D eigenvalue weighted by molar-refractivity contribution is -0.274. The van der Waals surface area contributed by atoms with Crippen molar-refractivity contribution in [3.8, 4) is 22.4 Å². The molecule has 2 aromatic carbocycles. The van der Waals surface area contributed by atoms with Gasteiger partial charge in [-0.25, -0.2) is 0 Å². The van der Waals surface area contributed by atoms with Crippen molar-refractivity contribution in [1.82, 2.24) is 15.1 Å². The molecule has 0 radical (unpaired) electrons. The van der Waals surface area contributed by atoms with Crippen molar-refractivity contribution in [3.63, 3.8) is 0 Å². The molecule has 3 aromatic rings. The molecule has 1 amide bonds. The van der Waals surface area contributed by atoms with Crippen molar-refractivity contribution in [1.29, 1.82) is 5.26 Å². The number of benzene rings is 2. The number of ether oxygens (including phenoxy) is 1. The van der Waals surface area contributed by atoms with E-state index in [0.29, 0.717) is 27.6 Å². The molecule has 0 N–H and O–H groups in total. The first-order valence-corrected chi connectivity index (χ1v) is 9.90. The second kappa shape index (κ2) is 9.14. The summed E-state index contributed by atoms with van der Waals surface area (Å²) in [5.74, 6) is -0.521. The molecule has 3 rings (SSSR count). The van der Waals surface area contributed by atoms with Gasteiger partial charge in [-0.05, 0) is 36.2 Å². The van der Waals surface area contributed by atoms with Gasteiger partial charge in [-0.1, -0.05) is 35.6 Å². The quantitative estimate of drug-likeness (QED) is 0.547. The fraction of sp³-hybridized carbons (Fsp3) is 0.238. The van der Waals surface area contributed by atoms with Gasteiger partial charge < -0.3 is 9.64 Å². The van der Waals surface area contributed by atoms with Gasteiger partial charge in [0.25, 0.3) is 0 Å². The van der Waals surface area contributed by atoms with Crippen LogP contribution in [0.25, 0.3) is 10.6 Å². The van der Waals surface area contributed by atoms with Crippen molar-refractivity contribution in [2.45, 2.75) is 25.7 Å². The summed E-state index contributed by atoms with van der Waals surface area (Å²) in [4.78, 5) is 13.6. The SMILES string of the molecule is CC(=O)N(C)[C@@H](Cc1ccc(C#N)cc1)c1nnc(-c2cccc(OC(F)(F)F)c2)s1. The number of nitrogens with zero attached hydrogens (tertiary/aromatic N) is 4. The highest BCUT2D eigenvalue weighted by atomic mass is 32.1. The van der Waals surface area contributed by atoms with E-state index < -0.39 is 12.4 Å². The lowest BCUT2D eigenvalue weighted by atomic mass is 10.0. The Morgan fingerprint density at radius 1 is 1.23 bits per heavy atom. The number of alkyl halides is 3. The molecule has 0 aliphatic carbocycles. The molecule has 0 spiro atoms. The maximum atomic E-state index is 12.5. The number of halogens is 3. The van der Waals surface area contributed by atoms with E-state index >= 15 is 0 Å². The molecule has 0 saturated carbocycles. The summed E-state index contributed by atoms with van der Waals surface area (Å²) in [6.45, 7) is 1.44. The fourth-order valence-corrected chi connectivity index (χ4v) is 3.84. The average Bonchev–Trinajstić information content (AvgIpc) is 3.21. The van der Waals surface area contributed by atoms with E-state index in [2.05, 4.69) is 21.0 Å². The minimum Gasteiger partial charge on any atom is -0.406 e. The third-order valence-electron chi connectivity index (χ3n) is 4.52. The Hall–Kier alpha value is -3.45. The van der Waals surface area contributed by atoms with Gasteiger partial charge in [0.05, 0.1) is 17.7 Å². The molecule has 0 unspecified atom stereocenters. The number of hydrogen-bond acceptors (Lipinski definition) is 6. The zero-order chi connectivity index (χ0) is 22.6. The van der Waals surface area contributed by atoms with Crippen molar-refractivity contribution in [2.24, 2.45) is 0 Å². The molecule has 0 aliphatic heterocycles. The Morgan fingerprint density at radius 3 is 2.55 bits per heavy atom. The lowest BCUT2D eigenvalue weighted by Crippen LogP contribution is -2.30. The number of carbonyl (C=O) groups excluding carboxylic acids is 1. The van der Waals surface area contributed by atoms with Gasteiger partial charge in [-0.15, -0.1) is 23.4 Å². The molecule has 10 heteroatoms. The summed E-state index contributed by atoms with van der Waals surface area (Å²) in [6, 6.07) is 14.1. The third kappa shape index (κ3) is 5.79. The first kappa shape index (κ1) is 22.2. The van der Waals surface area contributed by atoms with Crippen LogP contribution in [0.4, 0.5) is 13.2 Å². The lowest BCUT2D eigenvalue weighted by Gasteiger charge is -2.25. The van der Waals surface area contributed by atoms with Crippen molar-refractivity contribution >= 4 is 17.2 Å². The largest absolute Gasteiger partial charge is 0.573 e. The van der Waals surface area contributed by atoms with Crippen LogP contribution in [0.5, 0.6) is 5.75 Å². The van der Waals surface area contributed by atoms with E-state index in [1.807, 2.05) is 0 Å². The molecule has 0 saturated heterocycles. The molecule has 0 aliphatic rings. The molecule has 0 bridgehead atoms. The van der Waals surface area contributed by atoms with Crippen molar-refractivity contribution in [3.05, 3.63) is 64.7 Å². The summed E-state index contributed by atoms with van der Waals surface area (Å²) in [6.07, 6.45) is -4.35. The van der Waals surface area contributed by atoms with Crippen molar-refractivity contribution in [2.75, 3.05) is 7.05 Å². The predicted octanol–water partition coefficient (Wildman–Crippen LogP) is 4.74. The Balaban J connectivity index is 1.89. The Morgan fingerprint density at radius 2 is 1.94 bits per heavy atom. The highest BCUT2D eigenvalue weighted by Gasteiger charge is 2.31. The summed E-state index contributed by atoms with van der Waals surface area (Å²) in [5, 5.41) is 18.2. The smallest absolute Gasteiger partial charge is 0.406 e. The van der Waals surface area contributed by atoms with Crippen LogP contribution in [0, 0.1) is 11.3 Å². The highest BCUT2D eigenvalue weighted by molar-refractivity contribution is 7.14. The second-order valence-electron chi connectivity index (χ2n) is 6.68. The van der Waals surface area contributed by atoms with Gasteiger partial charge in [0.2, 0.25) is 5.91 Å². The number of hydrogen-bond donors (Lipinski definition) is 0. The molecular weight excluding hydrogens is 429 g/mol. The normalized spacial score (nSPS) is 12.1. The summed E-state index contributed by atoms with van der Waals surface area (Å²) in [5.41, 5.74) is 1.85. The van der Waals surface area contributed by atoms with Crippen LogP contribution in [0.3, 0.4) is 0 Å². The van der Waals surface area contributed by atoms with Crippen LogP contribution in [0.2, 0.25) is 0 Å². The predicted molar refractivity (Wildman–Crippen MR) is 108 cm³/mol. The first-order chi connectivity index (χ1) is 14.7. The summed E-state index contributed by atoms with van der Waals surface area (Å²) in [7, 11) is 1.65. The molecule has 1 atom stereocenters. The monoisotopic (exact) mass is 446 g/mol. The highest BCUT2D eigenvalue weighted by Crippen LogP contribution is 2.33. The standard InChI is InChI=1S/C21H17F3N4O2S/c1-13(29)28(2)18(10-14-6-8-15(12-25)9-7-14)20-27-26-19(31-20)16-4-3-5-17(11-16)30-21(22,23)24/h3-9,11,18H,10H2,1-2H3/t18-/m0/s1. The first-order valence-electron chi connectivity index (χ1n) is 9.08. The summed E-state index contributed by atoms with van der Waals surface area (Å²) < 4.78 is 41.5. The molecule has 0 fully saturated rings. The Bertz CT molecular complexity index is 1110. The van der Waals surface area contributed by atoms with Crippen molar-refractivity contribution < 1.29 is 22.7 Å². The van der Waals surface area contributed by atoms with Crippen LogP contribution < -0.4 is 4.74 Å². The number of likely N-dealkylation sites (N-methyl/N-ethyl adjacent to an activating group) is 1. The van der Waals surface area contributed by atoms with Gasteiger partial charge in [-0.3, -0.25) is 4.79 Å². The van der Waals surface area contributed by atoms with Crippen LogP contribution in [-0.4, -0.2) is 34.4 Å². The Labute approximate surface area is 180 Å². The molecule has 1 aromatic heterocycles. The van der Waals surface area contributed by atoms with Gasteiger partial charge in [0.15, 0.2) is 0 Å². The minimum atomic E-state index is -4.79. The number of rotatable bonds is 6. The molecule has 160 valence electrons. The molecular formula is C21H17F3N4O2S. The number of aromatic nitrogens is 2. The van der Waals surface area contributed by atoms with E-state index in [0.717, 1.165) is 5.56 Å². The number of nitriles is 1. The average molecular weight is 446 g/mol. The molecule has 31 heavy (non-hydrogen) atoms. The zero-order valence-electron chi connectivity index (χ0n) is 16.6. The minimum absolute atomic E-state index is 0.170. The van der Waals surface area contributed by atoms with Crippen LogP contribution in [-0.2, 0) is 11.2 Å². The van der Waals surface area contributed by atoms with E-state index in [1.54, 1.807) is 37.4 Å². The van der Waals surface area contributed by atoms with E-state index in [4.69, 9.17) is 5.26 Å². The van der Waals surface area contributed by atoms with Gasteiger partial charge in [-0.2, -0.15) is 5.26 Å². The van der Waals surface area contributed by atoms with Gasteiger partial charge in [0.1, 0.15) is 15.8 Å². The van der Waals surface area contributed by atoms with Gasteiger partial charge in [0, 0.05) is 19.5 Å². The fourth-order valence-electron chi connectivity index (χ4n) is 2.86. The molecule has 1 heterocycles. The van der Waals surface area contributed by atoms with E-state index in [1.165, 1.54) is 41.4 Å².